The van der Waals surface area contributed by atoms with Gasteiger partial charge in [-0.2, -0.15) is 18.4 Å². The molecule has 0 bridgehead atoms. The van der Waals surface area contributed by atoms with E-state index in [1.165, 1.54) is 28.8 Å². The Labute approximate surface area is 308 Å². The summed E-state index contributed by atoms with van der Waals surface area (Å²) in [6, 6.07) is 12.1. The van der Waals surface area contributed by atoms with Crippen LogP contribution in [-0.4, -0.2) is 85.9 Å². The second kappa shape index (κ2) is 12.8. The number of carbonyl (C=O) groups excluding carboxylic acids is 3. The van der Waals surface area contributed by atoms with Crippen LogP contribution in [0.3, 0.4) is 0 Å². The zero-order valence-corrected chi connectivity index (χ0v) is 30.6. The molecule has 0 N–H and O–H groups in total. The molecule has 2 saturated heterocycles. The maximum absolute atomic E-state index is 15.1. The Kier molecular flexibility index (Phi) is 8.93. The van der Waals surface area contributed by atoms with E-state index in [9.17, 15) is 32.8 Å². The number of carbonyl (C=O) groups is 3. The van der Waals surface area contributed by atoms with Gasteiger partial charge in [0.05, 0.1) is 28.2 Å². The fourth-order valence-electron chi connectivity index (χ4n) is 8.30. The summed E-state index contributed by atoms with van der Waals surface area (Å²) in [4.78, 5) is 52.6. The highest BCUT2D eigenvalue weighted by molar-refractivity contribution is 8.18. The number of fused-ring (bicyclic) bond motifs is 1. The first-order valence-electron chi connectivity index (χ1n) is 17.3. The highest BCUT2D eigenvalue weighted by atomic mass is 35.5. The number of benzene rings is 2. The van der Waals surface area contributed by atoms with E-state index in [4.69, 9.17) is 16.6 Å². The van der Waals surface area contributed by atoms with Crippen LogP contribution in [0.1, 0.15) is 76.1 Å². The second-order valence-electron chi connectivity index (χ2n) is 14.7. The molecular formula is C37H37ClF4N6O3S. The van der Waals surface area contributed by atoms with Crippen molar-refractivity contribution in [3.05, 3.63) is 80.6 Å². The van der Waals surface area contributed by atoms with Crippen molar-refractivity contribution in [2.45, 2.75) is 88.8 Å². The number of hydrogen-bond acceptors (Lipinski definition) is 7. The third-order valence-corrected chi connectivity index (χ3v) is 12.4. The van der Waals surface area contributed by atoms with Crippen LogP contribution in [0.2, 0.25) is 5.02 Å². The molecule has 3 fully saturated rings. The first kappa shape index (κ1) is 36.3. The maximum atomic E-state index is 15.1. The number of rotatable bonds is 5. The largest absolute Gasteiger partial charge is 0.471 e. The van der Waals surface area contributed by atoms with Crippen LogP contribution < -0.4 is 0 Å². The summed E-state index contributed by atoms with van der Waals surface area (Å²) in [5.41, 5.74) is 0.529. The van der Waals surface area contributed by atoms with Gasteiger partial charge in [-0.3, -0.25) is 14.4 Å². The molecule has 9 nitrogen and oxygen atoms in total. The van der Waals surface area contributed by atoms with E-state index in [-0.39, 0.29) is 48.4 Å². The van der Waals surface area contributed by atoms with E-state index < -0.39 is 41.1 Å². The van der Waals surface area contributed by atoms with E-state index in [1.54, 1.807) is 23.1 Å². The van der Waals surface area contributed by atoms with Crippen molar-refractivity contribution in [1.29, 1.82) is 5.26 Å². The fourth-order valence-corrected chi connectivity index (χ4v) is 9.77. The molecule has 274 valence electrons. The van der Waals surface area contributed by atoms with Gasteiger partial charge in [0.1, 0.15) is 22.3 Å². The lowest BCUT2D eigenvalue weighted by atomic mass is 9.80. The Hall–Kier alpha value is -4.09. The van der Waals surface area contributed by atoms with Crippen LogP contribution >= 0.6 is 23.4 Å². The Bertz CT molecular complexity index is 1960. The summed E-state index contributed by atoms with van der Waals surface area (Å²) in [6.07, 6.45) is -3.29. The molecule has 2 aromatic rings. The van der Waals surface area contributed by atoms with Crippen LogP contribution in [0.5, 0.6) is 0 Å². The predicted octanol–water partition coefficient (Wildman–Crippen LogP) is 6.74. The van der Waals surface area contributed by atoms with E-state index in [0.29, 0.717) is 52.6 Å². The molecule has 15 heteroatoms. The Morgan fingerprint density at radius 3 is 2.37 bits per heavy atom. The van der Waals surface area contributed by atoms with Crippen LogP contribution in [-0.2, 0) is 19.9 Å². The van der Waals surface area contributed by atoms with Gasteiger partial charge in [-0.05, 0) is 92.6 Å². The van der Waals surface area contributed by atoms with E-state index in [1.807, 2.05) is 44.7 Å². The SMILES string of the molecule is CC(C)C1=C(C(=O)N2[C@H](C)CC[C@H]2C(=O)N2CCN(C(=O)C(F)(F)F)C3(CC3)C2)SC2=N[C@@](C)(c3ccc(C#N)cc3)[C@@H](c3ccc(Cl)c(F)c3)N21. The maximum Gasteiger partial charge on any atom is 0.471 e. The molecule has 4 aliphatic heterocycles. The van der Waals surface area contributed by atoms with Gasteiger partial charge in [0, 0.05) is 31.4 Å². The van der Waals surface area contributed by atoms with Gasteiger partial charge >= 0.3 is 12.1 Å². The van der Waals surface area contributed by atoms with Crippen LogP contribution in [0.15, 0.2) is 58.1 Å². The number of nitriles is 1. The Morgan fingerprint density at radius 1 is 1.08 bits per heavy atom. The van der Waals surface area contributed by atoms with Gasteiger partial charge in [0.25, 0.3) is 5.91 Å². The highest BCUT2D eigenvalue weighted by Gasteiger charge is 2.60. The van der Waals surface area contributed by atoms with Gasteiger partial charge in [-0.15, -0.1) is 0 Å². The average molecular weight is 757 g/mol. The number of aliphatic imine (C=N–C) groups is 1. The smallest absolute Gasteiger partial charge is 0.337 e. The molecule has 4 heterocycles. The molecule has 1 spiro atoms. The number of amidine groups is 1. The van der Waals surface area contributed by atoms with Gasteiger partial charge in [-0.1, -0.05) is 43.6 Å². The van der Waals surface area contributed by atoms with Crippen molar-refractivity contribution >= 4 is 46.3 Å². The van der Waals surface area contributed by atoms with Crippen molar-refractivity contribution in [2.75, 3.05) is 19.6 Å². The van der Waals surface area contributed by atoms with Gasteiger partial charge < -0.3 is 19.6 Å². The number of allylic oxidation sites excluding steroid dienone is 1. The van der Waals surface area contributed by atoms with Crippen LogP contribution in [0.4, 0.5) is 17.6 Å². The number of piperazine rings is 1. The Morgan fingerprint density at radius 2 is 1.77 bits per heavy atom. The number of thioether (sulfide) groups is 1. The van der Waals surface area contributed by atoms with Crippen molar-refractivity contribution in [2.24, 2.45) is 10.9 Å². The molecule has 2 aromatic carbocycles. The summed E-state index contributed by atoms with van der Waals surface area (Å²) in [7, 11) is 0. The normalized spacial score (nSPS) is 26.6. The summed E-state index contributed by atoms with van der Waals surface area (Å²) in [5.74, 6) is -3.37. The minimum absolute atomic E-state index is 0.00685. The molecule has 3 amide bonds. The van der Waals surface area contributed by atoms with E-state index in [0.717, 1.165) is 10.5 Å². The van der Waals surface area contributed by atoms with Crippen LogP contribution in [0.25, 0.3) is 0 Å². The zero-order chi connectivity index (χ0) is 37.5. The topological polar surface area (TPSA) is 100 Å². The number of alkyl halides is 3. The summed E-state index contributed by atoms with van der Waals surface area (Å²) in [5, 5.41) is 9.91. The molecular weight excluding hydrogens is 720 g/mol. The summed E-state index contributed by atoms with van der Waals surface area (Å²) in [6.45, 7) is 7.43. The minimum atomic E-state index is -4.99. The second-order valence-corrected chi connectivity index (χ2v) is 16.1. The molecule has 1 saturated carbocycles. The summed E-state index contributed by atoms with van der Waals surface area (Å²) >= 11 is 7.31. The average Bonchev–Trinajstić information content (AvgIpc) is 3.45. The molecule has 52 heavy (non-hydrogen) atoms. The molecule has 4 atom stereocenters. The first-order chi connectivity index (χ1) is 24.5. The number of hydrogen-bond donors (Lipinski definition) is 0. The van der Waals surface area contributed by atoms with Crippen LogP contribution in [0, 0.1) is 23.1 Å². The standard InChI is InChI=1S/C37H37ClF4N6O3S/c1-20(2)28-29(32(50)47-21(3)5-12-27(47)31(49)45-15-16-46(33(51)37(40,41)42)36(19-45)13-14-36)52-34-44-35(4,24-9-6-22(18-43)7-10-24)30(48(28)34)23-8-11-25(38)26(39)17-23/h6-11,17,20-21,27,30H,5,12-16,19H2,1-4H3/t21-,27+,30-,35+/m1/s1. The quantitative estimate of drug-likeness (QED) is 0.314. The summed E-state index contributed by atoms with van der Waals surface area (Å²) < 4.78 is 55.1. The Balaban J connectivity index is 1.22. The molecule has 5 aliphatic rings. The fraction of sp³-hybridized carbons (Fsp3) is 0.486. The van der Waals surface area contributed by atoms with Gasteiger partial charge in [0.2, 0.25) is 5.91 Å². The lowest BCUT2D eigenvalue weighted by Crippen LogP contribution is -2.62. The van der Waals surface area contributed by atoms with Crippen molar-refractivity contribution < 1.29 is 31.9 Å². The first-order valence-corrected chi connectivity index (χ1v) is 18.5. The number of halogens is 5. The third kappa shape index (κ3) is 5.84. The van der Waals surface area contributed by atoms with E-state index in [2.05, 4.69) is 6.07 Å². The third-order valence-electron chi connectivity index (χ3n) is 11.1. The monoisotopic (exact) mass is 756 g/mol. The molecule has 0 aromatic heterocycles. The van der Waals surface area contributed by atoms with Crippen molar-refractivity contribution in [3.63, 3.8) is 0 Å². The van der Waals surface area contributed by atoms with E-state index >= 15 is 4.39 Å². The number of nitrogens with zero attached hydrogens (tertiary/aromatic N) is 6. The van der Waals surface area contributed by atoms with Crippen molar-refractivity contribution in [3.8, 4) is 6.07 Å². The van der Waals surface area contributed by atoms with Gasteiger partial charge in [-0.25, -0.2) is 9.38 Å². The molecule has 7 rings (SSSR count). The highest BCUT2D eigenvalue weighted by Crippen LogP contribution is 2.57. The molecule has 1 aliphatic carbocycles. The molecule has 0 unspecified atom stereocenters. The van der Waals surface area contributed by atoms with Crippen molar-refractivity contribution in [1.82, 2.24) is 19.6 Å². The molecule has 0 radical (unpaired) electrons. The number of likely N-dealkylation sites (tertiary alicyclic amines) is 1. The lowest BCUT2D eigenvalue weighted by molar-refractivity contribution is -0.191. The number of amides is 3. The lowest BCUT2D eigenvalue weighted by Gasteiger charge is -2.43. The minimum Gasteiger partial charge on any atom is -0.337 e. The van der Waals surface area contributed by atoms with Gasteiger partial charge in [0.15, 0.2) is 5.17 Å². The zero-order valence-electron chi connectivity index (χ0n) is 29.0. The predicted molar refractivity (Wildman–Crippen MR) is 187 cm³/mol.